The molecule has 0 aromatic heterocycles. The molecule has 0 aromatic rings. The van der Waals surface area contributed by atoms with Gasteiger partial charge < -0.3 is 11.1 Å². The molecule has 0 aliphatic rings. The Hall–Kier alpha value is -0.570. The third-order valence-corrected chi connectivity index (χ3v) is 1.74. The van der Waals surface area contributed by atoms with Gasteiger partial charge in [0.2, 0.25) is 5.91 Å². The van der Waals surface area contributed by atoms with E-state index in [1.807, 2.05) is 20.8 Å². The molecule has 1 unspecified atom stereocenters. The topological polar surface area (TPSA) is 55.1 Å². The molecule has 12 heavy (non-hydrogen) atoms. The fraction of sp³-hybridized carbons (Fsp3) is 0.889. The van der Waals surface area contributed by atoms with E-state index < -0.39 is 0 Å². The molecule has 0 heterocycles. The van der Waals surface area contributed by atoms with E-state index in [0.29, 0.717) is 0 Å². The lowest BCUT2D eigenvalue weighted by Gasteiger charge is -2.26. The summed E-state index contributed by atoms with van der Waals surface area (Å²) in [5.41, 5.74) is 5.49. The highest BCUT2D eigenvalue weighted by molar-refractivity contribution is 5.73. The van der Waals surface area contributed by atoms with Crippen molar-refractivity contribution in [1.82, 2.24) is 5.32 Å². The van der Waals surface area contributed by atoms with Gasteiger partial charge in [0.15, 0.2) is 0 Å². The largest absolute Gasteiger partial charge is 0.351 e. The predicted molar refractivity (Wildman–Crippen MR) is 50.8 cm³/mol. The Bertz CT molecular complexity index is 153. The van der Waals surface area contributed by atoms with Gasteiger partial charge in [0.1, 0.15) is 0 Å². The third-order valence-electron chi connectivity index (χ3n) is 1.74. The normalized spacial score (nSPS) is 14.1. The predicted octanol–water partition coefficient (Wildman–Crippen LogP) is 1.03. The van der Waals surface area contributed by atoms with E-state index in [4.69, 9.17) is 5.73 Å². The molecule has 3 nitrogen and oxygen atoms in total. The van der Waals surface area contributed by atoms with Crippen molar-refractivity contribution in [1.29, 1.82) is 0 Å². The van der Waals surface area contributed by atoms with Crippen LogP contribution in [-0.4, -0.2) is 17.5 Å². The molecule has 0 saturated heterocycles. The van der Waals surface area contributed by atoms with Gasteiger partial charge in [-0.25, -0.2) is 0 Å². The molecule has 3 heteroatoms. The lowest BCUT2D eigenvalue weighted by atomic mass is 9.96. The first-order valence-corrected chi connectivity index (χ1v) is 4.38. The van der Waals surface area contributed by atoms with Crippen LogP contribution in [0, 0.1) is 0 Å². The van der Waals surface area contributed by atoms with Gasteiger partial charge in [-0.05, 0) is 33.6 Å². The zero-order chi connectivity index (χ0) is 9.78. The summed E-state index contributed by atoms with van der Waals surface area (Å²) in [5.74, 6) is 0.0182. The molecular formula is C9H20N2O. The number of nitrogens with two attached hydrogens (primary N) is 1. The number of hydrogen-bond acceptors (Lipinski definition) is 2. The second-order valence-corrected chi connectivity index (χ2v) is 4.08. The van der Waals surface area contributed by atoms with Crippen LogP contribution in [0.25, 0.3) is 0 Å². The number of amides is 1. The fourth-order valence-electron chi connectivity index (χ4n) is 1.13. The average molecular weight is 172 g/mol. The smallest absolute Gasteiger partial charge is 0.217 e. The van der Waals surface area contributed by atoms with Crippen LogP contribution in [0.1, 0.15) is 40.5 Å². The van der Waals surface area contributed by atoms with E-state index >= 15 is 0 Å². The Kier molecular flexibility index (Phi) is 4.24. The molecule has 0 rings (SSSR count). The van der Waals surface area contributed by atoms with Crippen molar-refractivity contribution >= 4 is 5.91 Å². The molecule has 1 atom stereocenters. The second kappa shape index (κ2) is 4.45. The minimum absolute atomic E-state index is 0.0182. The summed E-state index contributed by atoms with van der Waals surface area (Å²) in [6.07, 6.45) is 1.86. The van der Waals surface area contributed by atoms with E-state index in [1.165, 1.54) is 6.92 Å². The Balaban J connectivity index is 3.78. The maximum Gasteiger partial charge on any atom is 0.217 e. The van der Waals surface area contributed by atoms with Crippen LogP contribution in [0.5, 0.6) is 0 Å². The maximum absolute atomic E-state index is 10.8. The number of nitrogens with one attached hydrogen (secondary N) is 1. The van der Waals surface area contributed by atoms with Crippen LogP contribution in [-0.2, 0) is 4.79 Å². The van der Waals surface area contributed by atoms with Gasteiger partial charge in [0.25, 0.3) is 0 Å². The second-order valence-electron chi connectivity index (χ2n) is 4.08. The van der Waals surface area contributed by atoms with Crippen LogP contribution < -0.4 is 11.1 Å². The lowest BCUT2D eigenvalue weighted by molar-refractivity contribution is -0.120. The summed E-state index contributed by atoms with van der Waals surface area (Å²) < 4.78 is 0. The molecule has 0 radical (unpaired) electrons. The molecular weight excluding hydrogens is 152 g/mol. The molecule has 0 bridgehead atoms. The molecule has 1 amide bonds. The van der Waals surface area contributed by atoms with Gasteiger partial charge in [-0.3, -0.25) is 4.79 Å². The van der Waals surface area contributed by atoms with Crippen LogP contribution >= 0.6 is 0 Å². The average Bonchev–Trinajstić information content (AvgIpc) is 1.81. The van der Waals surface area contributed by atoms with Gasteiger partial charge in [-0.1, -0.05) is 0 Å². The van der Waals surface area contributed by atoms with Crippen LogP contribution in [0.2, 0.25) is 0 Å². The third kappa shape index (κ3) is 6.16. The first kappa shape index (κ1) is 11.4. The number of rotatable bonds is 4. The van der Waals surface area contributed by atoms with Gasteiger partial charge in [-0.15, -0.1) is 0 Å². The quantitative estimate of drug-likeness (QED) is 0.665. The number of carbonyl (C=O) groups excluding carboxylic acids is 1. The molecule has 0 fully saturated rings. The maximum atomic E-state index is 10.8. The van der Waals surface area contributed by atoms with E-state index in [2.05, 4.69) is 5.32 Å². The van der Waals surface area contributed by atoms with Crippen molar-refractivity contribution in [3.05, 3.63) is 0 Å². The highest BCUT2D eigenvalue weighted by Gasteiger charge is 2.18. The van der Waals surface area contributed by atoms with Gasteiger partial charge >= 0.3 is 0 Å². The summed E-state index contributed by atoms with van der Waals surface area (Å²) in [6.45, 7) is 7.53. The number of hydrogen-bond donors (Lipinski definition) is 2. The summed E-state index contributed by atoms with van der Waals surface area (Å²) in [6, 6.07) is 0.207. The lowest BCUT2D eigenvalue weighted by Crippen LogP contribution is -2.43. The van der Waals surface area contributed by atoms with Crippen molar-refractivity contribution < 1.29 is 4.79 Å². The minimum Gasteiger partial charge on any atom is -0.351 e. The standard InChI is InChI=1S/C9H20N2O/c1-7(10)5-6-9(3,4)11-8(2)12/h7H,5-6,10H2,1-4H3,(H,11,12). The van der Waals surface area contributed by atoms with Crippen molar-refractivity contribution in [2.24, 2.45) is 5.73 Å². The fourth-order valence-corrected chi connectivity index (χ4v) is 1.13. The monoisotopic (exact) mass is 172 g/mol. The zero-order valence-electron chi connectivity index (χ0n) is 8.48. The first-order valence-electron chi connectivity index (χ1n) is 4.38. The van der Waals surface area contributed by atoms with E-state index in [1.54, 1.807) is 0 Å². The molecule has 0 aromatic carbocycles. The Morgan fingerprint density at radius 1 is 1.58 bits per heavy atom. The Morgan fingerprint density at radius 2 is 2.08 bits per heavy atom. The summed E-state index contributed by atoms with van der Waals surface area (Å²) in [5, 5.41) is 2.88. The van der Waals surface area contributed by atoms with Crippen molar-refractivity contribution in [3.63, 3.8) is 0 Å². The van der Waals surface area contributed by atoms with Crippen LogP contribution in [0.3, 0.4) is 0 Å². The molecule has 0 aliphatic heterocycles. The summed E-state index contributed by atoms with van der Waals surface area (Å²) in [7, 11) is 0. The van der Waals surface area contributed by atoms with Gasteiger partial charge in [-0.2, -0.15) is 0 Å². The highest BCUT2D eigenvalue weighted by Crippen LogP contribution is 2.11. The SMILES string of the molecule is CC(=O)NC(C)(C)CCC(C)N. The van der Waals surface area contributed by atoms with E-state index in [0.717, 1.165) is 12.8 Å². The van der Waals surface area contributed by atoms with Crippen molar-refractivity contribution in [2.45, 2.75) is 52.1 Å². The van der Waals surface area contributed by atoms with E-state index in [-0.39, 0.29) is 17.5 Å². The number of carbonyl (C=O) groups is 1. The van der Waals surface area contributed by atoms with Gasteiger partial charge in [0.05, 0.1) is 0 Å². The summed E-state index contributed by atoms with van der Waals surface area (Å²) >= 11 is 0. The first-order chi connectivity index (χ1) is 5.33. The Morgan fingerprint density at radius 3 is 2.42 bits per heavy atom. The van der Waals surface area contributed by atoms with Crippen LogP contribution in [0.15, 0.2) is 0 Å². The van der Waals surface area contributed by atoms with Crippen molar-refractivity contribution in [2.75, 3.05) is 0 Å². The molecule has 0 spiro atoms. The van der Waals surface area contributed by atoms with Crippen LogP contribution in [0.4, 0.5) is 0 Å². The molecule has 0 aliphatic carbocycles. The highest BCUT2D eigenvalue weighted by atomic mass is 16.1. The summed E-state index contributed by atoms with van der Waals surface area (Å²) in [4.78, 5) is 10.8. The van der Waals surface area contributed by atoms with Crippen molar-refractivity contribution in [3.8, 4) is 0 Å². The molecule has 0 saturated carbocycles. The van der Waals surface area contributed by atoms with Gasteiger partial charge in [0, 0.05) is 18.5 Å². The minimum atomic E-state index is -0.126. The molecule has 3 N–H and O–H groups in total. The zero-order valence-corrected chi connectivity index (χ0v) is 8.48. The molecule has 72 valence electrons. The van der Waals surface area contributed by atoms with E-state index in [9.17, 15) is 4.79 Å². The Labute approximate surface area is 74.7 Å².